The molecule has 0 aliphatic carbocycles. The molecule has 0 bridgehead atoms. The number of fused-ring (bicyclic) bond motifs is 3. The second-order valence-corrected chi connectivity index (χ2v) is 7.59. The third kappa shape index (κ3) is 3.50. The molecule has 158 valence electrons. The molecule has 0 radical (unpaired) electrons. The fraction of sp³-hybridized carbons (Fsp3) is 0.227. The minimum absolute atomic E-state index is 0.121. The molecular formula is C22H20N4O4S. The first-order chi connectivity index (χ1) is 15.0. The molecule has 31 heavy (non-hydrogen) atoms. The van der Waals surface area contributed by atoms with Gasteiger partial charge in [-0.05, 0) is 42.7 Å². The van der Waals surface area contributed by atoms with Crippen molar-refractivity contribution in [3.63, 3.8) is 0 Å². The number of benzene rings is 2. The number of hydrogen-bond donors (Lipinski definition) is 0. The van der Waals surface area contributed by atoms with Crippen molar-refractivity contribution in [1.82, 2.24) is 10.1 Å². The van der Waals surface area contributed by atoms with Gasteiger partial charge in [0, 0.05) is 17.1 Å². The first kappa shape index (κ1) is 20.8. The minimum atomic E-state index is -0.703. The molecule has 9 heteroatoms. The summed E-state index contributed by atoms with van der Waals surface area (Å²) in [5.41, 5.74) is 2.62. The van der Waals surface area contributed by atoms with Crippen molar-refractivity contribution in [2.24, 2.45) is 0 Å². The molecule has 1 amide bonds. The van der Waals surface area contributed by atoms with Crippen molar-refractivity contribution in [2.75, 3.05) is 18.3 Å². The van der Waals surface area contributed by atoms with E-state index in [9.17, 15) is 14.7 Å². The predicted octanol–water partition coefficient (Wildman–Crippen LogP) is 2.32. The van der Waals surface area contributed by atoms with E-state index in [2.05, 4.69) is 10.1 Å². The van der Waals surface area contributed by atoms with Crippen molar-refractivity contribution in [3.05, 3.63) is 59.7 Å². The largest absolute Gasteiger partial charge is 0.854 e. The Balaban J connectivity index is 1.99. The standard InChI is InChI=1S/C22H20N4O4S/c1-4-17(27)25-16-8-6-5-7-15(16)18-19(28)23-22(31-3)24-26(18)20(25)13-9-11-14(12-10-13)21(29)30-2/h5-12,20H,4H2,1-3H3. The fourth-order valence-corrected chi connectivity index (χ4v) is 4.01. The number of aromatic nitrogens is 3. The van der Waals surface area contributed by atoms with Gasteiger partial charge in [0.1, 0.15) is 0 Å². The average molecular weight is 436 g/mol. The number of para-hydroxylation sites is 1. The Labute approximate surface area is 183 Å². The lowest BCUT2D eigenvalue weighted by Crippen LogP contribution is -2.59. The van der Waals surface area contributed by atoms with Gasteiger partial charge in [0.05, 0.1) is 29.8 Å². The zero-order valence-electron chi connectivity index (χ0n) is 17.2. The molecule has 2 heterocycles. The lowest BCUT2D eigenvalue weighted by Gasteiger charge is -2.33. The van der Waals surface area contributed by atoms with Gasteiger partial charge >= 0.3 is 5.97 Å². The van der Waals surface area contributed by atoms with Gasteiger partial charge in [0.2, 0.25) is 5.91 Å². The van der Waals surface area contributed by atoms with Crippen LogP contribution in [-0.2, 0) is 9.53 Å². The Hall–Kier alpha value is -3.46. The lowest BCUT2D eigenvalue weighted by atomic mass is 10.00. The van der Waals surface area contributed by atoms with Gasteiger partial charge in [0.15, 0.2) is 0 Å². The smallest absolute Gasteiger partial charge is 0.337 e. The van der Waals surface area contributed by atoms with Gasteiger partial charge < -0.3 is 9.84 Å². The summed E-state index contributed by atoms with van der Waals surface area (Å²) in [6, 6.07) is 14.0. The summed E-state index contributed by atoms with van der Waals surface area (Å²) in [6.07, 6.45) is 1.35. The van der Waals surface area contributed by atoms with Crippen LogP contribution in [0.25, 0.3) is 11.3 Å². The third-order valence-corrected chi connectivity index (χ3v) is 5.64. The molecule has 0 fully saturated rings. The fourth-order valence-electron chi connectivity index (χ4n) is 3.67. The van der Waals surface area contributed by atoms with Crippen molar-refractivity contribution >= 4 is 29.3 Å². The Morgan fingerprint density at radius 2 is 1.90 bits per heavy atom. The molecule has 4 rings (SSSR count). The van der Waals surface area contributed by atoms with Crippen molar-refractivity contribution < 1.29 is 24.1 Å². The monoisotopic (exact) mass is 436 g/mol. The van der Waals surface area contributed by atoms with Crippen LogP contribution in [0, 0.1) is 0 Å². The summed E-state index contributed by atoms with van der Waals surface area (Å²) >= 11 is 1.25. The summed E-state index contributed by atoms with van der Waals surface area (Å²) < 4.78 is 6.33. The quantitative estimate of drug-likeness (QED) is 0.352. The first-order valence-electron chi connectivity index (χ1n) is 9.64. The van der Waals surface area contributed by atoms with Crippen LogP contribution in [0.4, 0.5) is 5.69 Å². The first-order valence-corrected chi connectivity index (χ1v) is 10.9. The van der Waals surface area contributed by atoms with Gasteiger partial charge in [-0.2, -0.15) is 0 Å². The normalized spacial score (nSPS) is 14.5. The number of ether oxygens (including phenoxy) is 1. The highest BCUT2D eigenvalue weighted by Gasteiger charge is 2.44. The number of hydrogen-bond acceptors (Lipinski definition) is 7. The molecule has 1 aliphatic rings. The summed E-state index contributed by atoms with van der Waals surface area (Å²) in [7, 11) is 1.32. The molecule has 2 aromatic carbocycles. The van der Waals surface area contributed by atoms with Crippen molar-refractivity contribution in [3.8, 4) is 17.1 Å². The number of carbonyl (C=O) groups is 2. The Kier molecular flexibility index (Phi) is 5.60. The van der Waals surface area contributed by atoms with Crippen LogP contribution in [-0.4, -0.2) is 35.3 Å². The number of esters is 1. The van der Waals surface area contributed by atoms with Crippen LogP contribution in [0.3, 0.4) is 0 Å². The molecule has 1 unspecified atom stereocenters. The van der Waals surface area contributed by atoms with Gasteiger partial charge in [-0.3, -0.25) is 4.79 Å². The van der Waals surface area contributed by atoms with Crippen LogP contribution < -0.4 is 14.7 Å². The third-order valence-electron chi connectivity index (χ3n) is 5.10. The maximum Gasteiger partial charge on any atom is 0.337 e. The van der Waals surface area contributed by atoms with Crippen LogP contribution in [0.5, 0.6) is 5.88 Å². The maximum absolute atomic E-state index is 13.1. The molecule has 1 aromatic heterocycles. The number of carbonyl (C=O) groups excluding carboxylic acids is 2. The Bertz CT molecular complexity index is 1170. The number of thioether (sulfide) groups is 1. The second-order valence-electron chi connectivity index (χ2n) is 6.82. The average Bonchev–Trinajstić information content (AvgIpc) is 2.81. The van der Waals surface area contributed by atoms with Crippen LogP contribution >= 0.6 is 11.8 Å². The zero-order chi connectivity index (χ0) is 22.1. The SMILES string of the molecule is CCC(=O)N1c2ccccc2-c2c([O-])nc(SC)n[n+]2C1c1ccc(C(=O)OC)cc1. The predicted molar refractivity (Wildman–Crippen MR) is 113 cm³/mol. The highest BCUT2D eigenvalue weighted by atomic mass is 32.2. The van der Waals surface area contributed by atoms with E-state index < -0.39 is 18.0 Å². The molecule has 0 spiro atoms. The van der Waals surface area contributed by atoms with E-state index in [0.717, 1.165) is 0 Å². The molecule has 8 nitrogen and oxygen atoms in total. The van der Waals surface area contributed by atoms with Crippen LogP contribution in [0.15, 0.2) is 53.7 Å². The molecular weight excluding hydrogens is 416 g/mol. The molecule has 0 N–H and O–H groups in total. The van der Waals surface area contributed by atoms with E-state index in [1.165, 1.54) is 18.9 Å². The Morgan fingerprint density at radius 1 is 1.19 bits per heavy atom. The number of methoxy groups -OCH3 is 1. The highest BCUT2D eigenvalue weighted by molar-refractivity contribution is 7.98. The molecule has 3 aromatic rings. The number of amides is 1. The maximum atomic E-state index is 13.1. The van der Waals surface area contributed by atoms with Gasteiger partial charge in [-0.25, -0.2) is 14.7 Å². The van der Waals surface area contributed by atoms with Crippen molar-refractivity contribution in [2.45, 2.75) is 24.7 Å². The summed E-state index contributed by atoms with van der Waals surface area (Å²) in [5, 5.41) is 17.8. The zero-order valence-corrected chi connectivity index (χ0v) is 18.0. The van der Waals surface area contributed by atoms with E-state index in [-0.39, 0.29) is 12.3 Å². The minimum Gasteiger partial charge on any atom is -0.854 e. The lowest BCUT2D eigenvalue weighted by molar-refractivity contribution is -0.764. The van der Waals surface area contributed by atoms with Gasteiger partial charge in [-0.1, -0.05) is 35.5 Å². The summed E-state index contributed by atoms with van der Waals surface area (Å²) in [5.74, 6) is -0.986. The van der Waals surface area contributed by atoms with Gasteiger partial charge in [0.25, 0.3) is 17.0 Å². The molecule has 1 atom stereocenters. The summed E-state index contributed by atoms with van der Waals surface area (Å²) in [6.45, 7) is 1.79. The van der Waals surface area contributed by atoms with Crippen molar-refractivity contribution in [1.29, 1.82) is 0 Å². The highest BCUT2D eigenvalue weighted by Crippen LogP contribution is 2.41. The number of nitrogens with zero attached hydrogens (tertiary/aromatic N) is 4. The van der Waals surface area contributed by atoms with E-state index in [0.29, 0.717) is 33.2 Å². The number of rotatable bonds is 4. The van der Waals surface area contributed by atoms with Gasteiger partial charge in [-0.15, -0.1) is 0 Å². The Morgan fingerprint density at radius 3 is 2.55 bits per heavy atom. The second kappa shape index (κ2) is 8.35. The van der Waals surface area contributed by atoms with E-state index >= 15 is 0 Å². The van der Waals surface area contributed by atoms with Crippen LogP contribution in [0.2, 0.25) is 0 Å². The van der Waals surface area contributed by atoms with E-state index in [1.807, 2.05) is 18.2 Å². The van der Waals surface area contributed by atoms with E-state index in [1.54, 1.807) is 53.1 Å². The van der Waals surface area contributed by atoms with Crippen LogP contribution in [0.1, 0.15) is 35.4 Å². The van der Waals surface area contributed by atoms with E-state index in [4.69, 9.17) is 4.74 Å². The molecule has 0 saturated heterocycles. The molecule has 0 saturated carbocycles. The number of anilines is 1. The summed E-state index contributed by atoms with van der Waals surface area (Å²) in [4.78, 5) is 30.7. The molecule has 1 aliphatic heterocycles. The topological polar surface area (TPSA) is 99.3 Å².